The Labute approximate surface area is 274 Å². The SMILES string of the molecule is CCCCOc1ccc(/C(O)=C2\C(=O)C(=O)N(c3nnc(SCc4ccccc4Cl)s3)C2c2ccc(OCC)c(OC)c2)cc1. The molecule has 1 aliphatic heterocycles. The Hall–Kier alpha value is -4.06. The average molecular weight is 666 g/mol. The van der Waals surface area contributed by atoms with Crippen LogP contribution in [-0.2, 0) is 15.3 Å². The number of methoxy groups -OCH3 is 1. The summed E-state index contributed by atoms with van der Waals surface area (Å²) in [5.41, 5.74) is 1.75. The first-order valence-electron chi connectivity index (χ1n) is 14.4. The summed E-state index contributed by atoms with van der Waals surface area (Å²) in [5.74, 6) is 0.137. The summed E-state index contributed by atoms with van der Waals surface area (Å²) in [6.07, 6.45) is 1.92. The first-order valence-corrected chi connectivity index (χ1v) is 16.6. The Morgan fingerprint density at radius 2 is 1.80 bits per heavy atom. The standard InChI is InChI=1S/C33H32ClN3O6S2/c1-4-6-17-43-23-14-11-20(12-15-23)29(38)27-28(21-13-16-25(42-5-2)26(18-21)41-3)37(31(40)30(27)39)32-35-36-33(45-32)44-19-22-9-7-8-10-24(22)34/h7-16,18,28,38H,4-6,17,19H2,1-3H3/b29-27+. The van der Waals surface area contributed by atoms with E-state index in [0.717, 1.165) is 18.4 Å². The van der Waals surface area contributed by atoms with Crippen LogP contribution in [0.5, 0.6) is 17.2 Å². The first-order chi connectivity index (χ1) is 21.9. The maximum Gasteiger partial charge on any atom is 0.301 e. The predicted octanol–water partition coefficient (Wildman–Crippen LogP) is 7.70. The lowest BCUT2D eigenvalue weighted by molar-refractivity contribution is -0.132. The number of hydrogen-bond acceptors (Lipinski definition) is 10. The highest BCUT2D eigenvalue weighted by atomic mass is 35.5. The molecule has 2 heterocycles. The van der Waals surface area contributed by atoms with Crippen LogP contribution >= 0.6 is 34.7 Å². The van der Waals surface area contributed by atoms with Crippen molar-refractivity contribution >= 4 is 57.3 Å². The van der Waals surface area contributed by atoms with E-state index < -0.39 is 17.7 Å². The molecule has 1 aromatic heterocycles. The number of anilines is 1. The van der Waals surface area contributed by atoms with E-state index in [9.17, 15) is 14.7 Å². The smallest absolute Gasteiger partial charge is 0.301 e. The van der Waals surface area contributed by atoms with Gasteiger partial charge in [0.2, 0.25) is 5.13 Å². The van der Waals surface area contributed by atoms with Gasteiger partial charge in [0, 0.05) is 16.3 Å². The van der Waals surface area contributed by atoms with Crippen LogP contribution in [0.3, 0.4) is 0 Å². The van der Waals surface area contributed by atoms with E-state index in [0.29, 0.717) is 56.7 Å². The van der Waals surface area contributed by atoms with Crippen molar-refractivity contribution in [1.29, 1.82) is 0 Å². The van der Waals surface area contributed by atoms with Gasteiger partial charge in [-0.1, -0.05) is 72.3 Å². The highest BCUT2D eigenvalue weighted by molar-refractivity contribution is 8.00. The Morgan fingerprint density at radius 3 is 2.51 bits per heavy atom. The van der Waals surface area contributed by atoms with Gasteiger partial charge in [-0.3, -0.25) is 14.5 Å². The minimum Gasteiger partial charge on any atom is -0.507 e. The summed E-state index contributed by atoms with van der Waals surface area (Å²) in [4.78, 5) is 28.6. The van der Waals surface area contributed by atoms with Crippen LogP contribution in [0.4, 0.5) is 5.13 Å². The molecule has 0 bridgehead atoms. The van der Waals surface area contributed by atoms with E-state index in [-0.39, 0.29) is 16.5 Å². The van der Waals surface area contributed by atoms with Gasteiger partial charge in [0.1, 0.15) is 11.5 Å². The van der Waals surface area contributed by atoms with Crippen molar-refractivity contribution in [3.8, 4) is 17.2 Å². The van der Waals surface area contributed by atoms with Gasteiger partial charge in [-0.05, 0) is 66.9 Å². The van der Waals surface area contributed by atoms with Crippen molar-refractivity contribution in [2.45, 2.75) is 42.8 Å². The number of nitrogens with zero attached hydrogens (tertiary/aromatic N) is 3. The fourth-order valence-corrected chi connectivity index (χ4v) is 6.94. The molecule has 5 rings (SSSR count). The van der Waals surface area contributed by atoms with Gasteiger partial charge in [-0.25, -0.2) is 0 Å². The zero-order valence-electron chi connectivity index (χ0n) is 25.0. The van der Waals surface area contributed by atoms with Gasteiger partial charge in [-0.2, -0.15) is 0 Å². The quantitative estimate of drug-likeness (QED) is 0.0383. The molecular formula is C33H32ClN3O6S2. The molecular weight excluding hydrogens is 634 g/mol. The third-order valence-corrected chi connectivity index (χ3v) is 9.53. The predicted molar refractivity (Wildman–Crippen MR) is 177 cm³/mol. The number of rotatable bonds is 13. The van der Waals surface area contributed by atoms with Crippen molar-refractivity contribution < 1.29 is 28.9 Å². The van der Waals surface area contributed by atoms with Gasteiger partial charge in [0.15, 0.2) is 15.8 Å². The molecule has 9 nitrogen and oxygen atoms in total. The van der Waals surface area contributed by atoms with Gasteiger partial charge in [0.05, 0.1) is 31.9 Å². The van der Waals surface area contributed by atoms with Crippen LogP contribution < -0.4 is 19.1 Å². The first kappa shape index (κ1) is 32.3. The number of unbranched alkanes of at least 4 members (excludes halogenated alkanes) is 1. The van der Waals surface area contributed by atoms with Gasteiger partial charge < -0.3 is 19.3 Å². The van der Waals surface area contributed by atoms with Crippen molar-refractivity contribution in [3.63, 3.8) is 0 Å². The summed E-state index contributed by atoms with van der Waals surface area (Å²) in [6.45, 7) is 4.94. The Kier molecular flexibility index (Phi) is 10.6. The van der Waals surface area contributed by atoms with Gasteiger partial charge >= 0.3 is 5.91 Å². The van der Waals surface area contributed by atoms with E-state index in [1.54, 1.807) is 42.5 Å². The molecule has 234 valence electrons. The molecule has 0 spiro atoms. The lowest BCUT2D eigenvalue weighted by Crippen LogP contribution is -2.29. The van der Waals surface area contributed by atoms with Crippen LogP contribution in [0.2, 0.25) is 5.02 Å². The molecule has 12 heteroatoms. The molecule has 0 aliphatic carbocycles. The van der Waals surface area contributed by atoms with E-state index in [1.165, 1.54) is 35.1 Å². The topological polar surface area (TPSA) is 111 Å². The Bertz CT molecular complexity index is 1710. The number of aromatic nitrogens is 2. The molecule has 45 heavy (non-hydrogen) atoms. The number of Topliss-reactive ketones (excluding diaryl/α,β-unsaturated/α-hetero) is 1. The Balaban J connectivity index is 1.54. The molecule has 1 fully saturated rings. The molecule has 0 saturated carbocycles. The maximum atomic E-state index is 13.7. The highest BCUT2D eigenvalue weighted by Crippen LogP contribution is 2.45. The normalized spacial score (nSPS) is 15.8. The van der Waals surface area contributed by atoms with E-state index in [1.807, 2.05) is 31.2 Å². The minimum absolute atomic E-state index is 0.0775. The highest BCUT2D eigenvalue weighted by Gasteiger charge is 2.48. The third-order valence-electron chi connectivity index (χ3n) is 7.05. The van der Waals surface area contributed by atoms with Crippen LogP contribution in [-0.4, -0.2) is 47.3 Å². The van der Waals surface area contributed by atoms with Crippen LogP contribution in [0.1, 0.15) is 49.4 Å². The molecule has 3 aromatic carbocycles. The zero-order valence-corrected chi connectivity index (χ0v) is 27.4. The number of ketones is 1. The number of ether oxygens (including phenoxy) is 3. The molecule has 1 N–H and O–H groups in total. The third kappa shape index (κ3) is 7.11. The Morgan fingerprint density at radius 1 is 1.02 bits per heavy atom. The van der Waals surface area contributed by atoms with Crippen molar-refractivity contribution in [1.82, 2.24) is 10.2 Å². The van der Waals surface area contributed by atoms with Crippen LogP contribution in [0, 0.1) is 0 Å². The van der Waals surface area contributed by atoms with E-state index >= 15 is 0 Å². The molecule has 1 aliphatic rings. The largest absolute Gasteiger partial charge is 0.507 e. The zero-order chi connectivity index (χ0) is 31.9. The number of aliphatic hydroxyl groups excluding tert-OH is 1. The number of aliphatic hydroxyl groups is 1. The average Bonchev–Trinajstić information content (AvgIpc) is 3.62. The maximum absolute atomic E-state index is 13.7. The number of halogens is 1. The molecule has 1 amide bonds. The van der Waals surface area contributed by atoms with Gasteiger partial charge in [-0.15, -0.1) is 10.2 Å². The summed E-state index contributed by atoms with van der Waals surface area (Å²) >= 11 is 8.91. The number of thioether (sulfide) groups is 1. The van der Waals surface area contributed by atoms with Crippen molar-refractivity contribution in [2.75, 3.05) is 25.2 Å². The van der Waals surface area contributed by atoms with Crippen molar-refractivity contribution in [3.05, 3.63) is 94.0 Å². The second kappa shape index (κ2) is 14.8. The lowest BCUT2D eigenvalue weighted by atomic mass is 9.95. The fraction of sp³-hybridized carbons (Fsp3) is 0.273. The van der Waals surface area contributed by atoms with E-state index in [2.05, 4.69) is 17.1 Å². The summed E-state index contributed by atoms with van der Waals surface area (Å²) < 4.78 is 17.6. The van der Waals surface area contributed by atoms with Crippen LogP contribution in [0.25, 0.3) is 5.76 Å². The fourth-order valence-electron chi connectivity index (χ4n) is 4.79. The summed E-state index contributed by atoms with van der Waals surface area (Å²) in [6, 6.07) is 18.4. The number of hydrogen-bond donors (Lipinski definition) is 1. The molecule has 4 aromatic rings. The number of carbonyl (C=O) groups excluding carboxylic acids is 2. The van der Waals surface area contributed by atoms with Gasteiger partial charge in [0.25, 0.3) is 5.78 Å². The van der Waals surface area contributed by atoms with Crippen molar-refractivity contribution in [2.24, 2.45) is 0 Å². The number of benzene rings is 3. The number of carbonyl (C=O) groups is 2. The molecule has 1 unspecified atom stereocenters. The molecule has 1 saturated heterocycles. The molecule has 0 radical (unpaired) electrons. The summed E-state index contributed by atoms with van der Waals surface area (Å²) in [5, 5.41) is 21.0. The molecule has 1 atom stereocenters. The monoisotopic (exact) mass is 665 g/mol. The van der Waals surface area contributed by atoms with Crippen LogP contribution in [0.15, 0.2) is 76.6 Å². The lowest BCUT2D eigenvalue weighted by Gasteiger charge is -2.23. The minimum atomic E-state index is -1.01. The second-order valence-corrected chi connectivity index (χ2v) is 12.6. The number of amides is 1. The second-order valence-electron chi connectivity index (χ2n) is 9.97. The summed E-state index contributed by atoms with van der Waals surface area (Å²) in [7, 11) is 1.51. The van der Waals surface area contributed by atoms with E-state index in [4.69, 9.17) is 25.8 Å².